The number of aryl methyl sites for hydroxylation is 1. The molecule has 5 saturated heterocycles. The molecular weight excluding hydrogens is 812 g/mol. The molecule has 2 aromatic carbocycles. The number of anilines is 5. The molecule has 8 heterocycles. The number of benzene rings is 2. The molecule has 64 heavy (non-hydrogen) atoms. The number of aromatic hydroxyl groups is 1. The number of imide groups is 1. The number of nitrogens with two attached hydrogens (primary N) is 1. The molecule has 3 amide bonds. The maximum absolute atomic E-state index is 15.6. The summed E-state index contributed by atoms with van der Waals surface area (Å²) in [4.78, 5) is 42.9. The number of fused-ring (bicyclic) bond motifs is 3. The number of phenolic OH excluding ortho intramolecular Hbond substituents is 1. The molecule has 15 nitrogen and oxygen atoms in total. The fourth-order valence-electron chi connectivity index (χ4n) is 11.5. The van der Waals surface area contributed by atoms with Gasteiger partial charge in [-0.15, -0.1) is 10.2 Å². The number of hydrogen-bond acceptors (Lipinski definition) is 12. The summed E-state index contributed by atoms with van der Waals surface area (Å²) >= 11 is 0. The highest BCUT2D eigenvalue weighted by atomic mass is 19.1. The number of para-hydroxylation sites is 1. The van der Waals surface area contributed by atoms with E-state index >= 15 is 4.39 Å². The van der Waals surface area contributed by atoms with Crippen molar-refractivity contribution >= 4 is 51.5 Å². The SMILES string of the molecule is Cc1cn(C2CC(N3CCN(CC4CCN(c5cc(N6C7CCC6CN(c6cc(-c8ccccc8O)nnc6N)C7)ccc5F)CC4)CC3)C2)c2ncc(N3CCC(=O)NC3=O)cc12. The van der Waals surface area contributed by atoms with E-state index in [1.165, 1.54) is 0 Å². The third-order valence-corrected chi connectivity index (χ3v) is 15.1. The maximum Gasteiger partial charge on any atom is 0.328 e. The lowest BCUT2D eigenvalue weighted by Gasteiger charge is -2.47. The van der Waals surface area contributed by atoms with Crippen LogP contribution in [0.5, 0.6) is 5.75 Å². The van der Waals surface area contributed by atoms with E-state index in [-0.39, 0.29) is 42.0 Å². The second-order valence-electron chi connectivity index (χ2n) is 18.9. The molecule has 5 aromatic rings. The number of phenols is 1. The Morgan fingerprint density at radius 2 is 1.58 bits per heavy atom. The van der Waals surface area contributed by atoms with E-state index in [0.717, 1.165) is 131 Å². The number of carbonyl (C=O) groups is 2. The molecule has 1 saturated carbocycles. The van der Waals surface area contributed by atoms with E-state index in [1.54, 1.807) is 29.3 Å². The number of hydrogen-bond donors (Lipinski definition) is 3. The number of rotatable bonds is 9. The van der Waals surface area contributed by atoms with Crippen LogP contribution in [0.15, 0.2) is 67.0 Å². The van der Waals surface area contributed by atoms with Gasteiger partial charge in [-0.1, -0.05) is 12.1 Å². The molecule has 11 rings (SSSR count). The van der Waals surface area contributed by atoms with Crippen molar-refractivity contribution in [1.29, 1.82) is 0 Å². The zero-order valence-corrected chi connectivity index (χ0v) is 36.4. The minimum Gasteiger partial charge on any atom is -0.507 e. The van der Waals surface area contributed by atoms with Crippen molar-refractivity contribution in [2.75, 3.05) is 90.8 Å². The van der Waals surface area contributed by atoms with Gasteiger partial charge in [-0.05, 0) is 99.4 Å². The lowest BCUT2D eigenvalue weighted by atomic mass is 9.84. The summed E-state index contributed by atoms with van der Waals surface area (Å²) in [6, 6.07) is 17.9. The van der Waals surface area contributed by atoms with Crippen molar-refractivity contribution in [2.24, 2.45) is 5.92 Å². The number of nitrogen functional groups attached to an aromatic ring is 1. The van der Waals surface area contributed by atoms with Crippen LogP contribution in [-0.4, -0.2) is 130 Å². The van der Waals surface area contributed by atoms with Crippen LogP contribution in [0, 0.1) is 18.7 Å². The van der Waals surface area contributed by atoms with E-state index in [4.69, 9.17) is 10.7 Å². The second-order valence-corrected chi connectivity index (χ2v) is 18.9. The summed E-state index contributed by atoms with van der Waals surface area (Å²) in [5, 5.41) is 22.5. The lowest BCUT2D eigenvalue weighted by molar-refractivity contribution is -0.120. The number of piperazine rings is 2. The minimum atomic E-state index is -0.388. The number of nitrogens with one attached hydrogen (secondary N) is 1. The molecule has 4 N–H and O–H groups in total. The van der Waals surface area contributed by atoms with Crippen molar-refractivity contribution in [1.82, 2.24) is 34.9 Å². The molecule has 2 unspecified atom stereocenters. The number of pyridine rings is 1. The average Bonchev–Trinajstić information content (AvgIpc) is 3.74. The van der Waals surface area contributed by atoms with Gasteiger partial charge in [-0.3, -0.25) is 19.9 Å². The first kappa shape index (κ1) is 40.8. The van der Waals surface area contributed by atoms with Crippen LogP contribution in [0.4, 0.5) is 37.8 Å². The Morgan fingerprint density at radius 1 is 0.812 bits per heavy atom. The number of piperidine rings is 1. The molecule has 0 spiro atoms. The van der Waals surface area contributed by atoms with Gasteiger partial charge >= 0.3 is 6.03 Å². The smallest absolute Gasteiger partial charge is 0.328 e. The van der Waals surface area contributed by atoms with Crippen LogP contribution in [0.25, 0.3) is 22.3 Å². The molecule has 2 bridgehead atoms. The Bertz CT molecular complexity index is 2570. The first-order valence-electron chi connectivity index (χ1n) is 23.2. The van der Waals surface area contributed by atoms with Gasteiger partial charge in [0.1, 0.15) is 17.2 Å². The first-order chi connectivity index (χ1) is 31.1. The summed E-state index contributed by atoms with van der Waals surface area (Å²) < 4.78 is 17.9. The van der Waals surface area contributed by atoms with Crippen LogP contribution in [0.1, 0.15) is 56.6 Å². The predicted molar refractivity (Wildman–Crippen MR) is 246 cm³/mol. The molecule has 0 radical (unpaired) electrons. The molecule has 3 aromatic heterocycles. The molecule has 1 aliphatic carbocycles. The lowest BCUT2D eigenvalue weighted by Crippen LogP contribution is -2.55. The summed E-state index contributed by atoms with van der Waals surface area (Å²) in [6.45, 7) is 11.2. The predicted octanol–water partition coefficient (Wildman–Crippen LogP) is 5.77. The zero-order chi connectivity index (χ0) is 43.6. The van der Waals surface area contributed by atoms with Crippen molar-refractivity contribution in [3.8, 4) is 17.0 Å². The number of nitrogens with zero attached hydrogens (tertiary/aromatic N) is 10. The number of aromatic nitrogens is 4. The van der Waals surface area contributed by atoms with E-state index in [2.05, 4.69) is 63.8 Å². The molecule has 6 fully saturated rings. The number of urea groups is 1. The topological polar surface area (TPSA) is 155 Å². The van der Waals surface area contributed by atoms with E-state index in [1.807, 2.05) is 30.3 Å². The van der Waals surface area contributed by atoms with Crippen LogP contribution >= 0.6 is 0 Å². The fraction of sp³-hybridized carbons (Fsp3) is 0.479. The van der Waals surface area contributed by atoms with Crippen molar-refractivity contribution in [3.05, 3.63) is 78.4 Å². The average molecular weight is 869 g/mol. The van der Waals surface area contributed by atoms with Gasteiger partial charge in [-0.25, -0.2) is 14.2 Å². The quantitative estimate of drug-likeness (QED) is 0.165. The summed E-state index contributed by atoms with van der Waals surface area (Å²) in [5.74, 6) is 0.760. The number of halogens is 1. The minimum absolute atomic E-state index is 0.150. The Labute approximate surface area is 372 Å². The fourth-order valence-corrected chi connectivity index (χ4v) is 11.5. The summed E-state index contributed by atoms with van der Waals surface area (Å²) in [5.41, 5.74) is 13.1. The highest BCUT2D eigenvalue weighted by molar-refractivity contribution is 6.06. The highest BCUT2D eigenvalue weighted by Gasteiger charge is 2.42. The first-order valence-corrected chi connectivity index (χ1v) is 23.2. The van der Waals surface area contributed by atoms with Gasteiger partial charge in [0, 0.05) is 119 Å². The Morgan fingerprint density at radius 3 is 2.33 bits per heavy atom. The molecule has 334 valence electrons. The number of amides is 3. The summed E-state index contributed by atoms with van der Waals surface area (Å²) in [7, 11) is 0. The van der Waals surface area contributed by atoms with Crippen LogP contribution < -0.4 is 30.7 Å². The van der Waals surface area contributed by atoms with Crippen molar-refractivity contribution in [3.63, 3.8) is 0 Å². The van der Waals surface area contributed by atoms with Crippen molar-refractivity contribution in [2.45, 2.75) is 76.0 Å². The van der Waals surface area contributed by atoms with Gasteiger partial charge in [-0.2, -0.15) is 0 Å². The van der Waals surface area contributed by atoms with Gasteiger partial charge in [0.15, 0.2) is 5.82 Å². The molecule has 5 aliphatic heterocycles. The molecule has 16 heteroatoms. The van der Waals surface area contributed by atoms with Crippen LogP contribution in [0.2, 0.25) is 0 Å². The Hall–Kier alpha value is -6.00. The van der Waals surface area contributed by atoms with Gasteiger partial charge in [0.05, 0.1) is 29.0 Å². The standard InChI is InChI=1S/C48H57FN12O3/c1-30-26-60(47-39(30)22-37(25-51-47)59-15-12-45(63)52-48(59)64)36-20-35(21-36)56-18-16-55(17-19-56)27-31-10-13-57(14-11-31)42-23-32(8-9-40(42)49)61-33-6-7-34(61)29-58(28-33)43-24-41(53-54-46(43)50)38-4-2-3-5-44(38)62/h2-5,8-9,22-26,31,33-36,62H,6-7,10-21,27-29H2,1H3,(H2,50,54)(H,52,63,64). The van der Waals surface area contributed by atoms with Gasteiger partial charge in [0.2, 0.25) is 5.91 Å². The van der Waals surface area contributed by atoms with E-state index in [9.17, 15) is 14.7 Å². The summed E-state index contributed by atoms with van der Waals surface area (Å²) in [6.07, 6.45) is 10.7. The normalized spacial score (nSPS) is 24.7. The highest BCUT2D eigenvalue weighted by Crippen LogP contribution is 2.42. The molecule has 6 aliphatic rings. The third kappa shape index (κ3) is 7.53. The maximum atomic E-state index is 15.6. The monoisotopic (exact) mass is 868 g/mol. The largest absolute Gasteiger partial charge is 0.507 e. The zero-order valence-electron chi connectivity index (χ0n) is 36.4. The Balaban J connectivity index is 0.658. The molecular formula is C48H57FN12O3. The number of carbonyl (C=O) groups excluding carboxylic acids is 2. The third-order valence-electron chi connectivity index (χ3n) is 15.1. The van der Waals surface area contributed by atoms with Gasteiger partial charge < -0.3 is 35.0 Å². The van der Waals surface area contributed by atoms with E-state index < -0.39 is 0 Å². The molecule has 2 atom stereocenters. The van der Waals surface area contributed by atoms with Crippen molar-refractivity contribution < 1.29 is 19.1 Å². The van der Waals surface area contributed by atoms with Crippen LogP contribution in [0.3, 0.4) is 0 Å². The van der Waals surface area contributed by atoms with Crippen LogP contribution in [-0.2, 0) is 4.79 Å². The Kier molecular flexibility index (Phi) is 10.5. The van der Waals surface area contributed by atoms with Gasteiger partial charge in [0.25, 0.3) is 0 Å². The second kappa shape index (κ2) is 16.5. The van der Waals surface area contributed by atoms with E-state index in [0.29, 0.717) is 47.3 Å².